The number of alkyl halides is 3. The number of nitrogens with zero attached hydrogens (tertiary/aromatic N) is 1. The number of furan rings is 1. The molecule has 0 aliphatic heterocycles. The number of hydrogen-bond donors (Lipinski definition) is 2. The Morgan fingerprint density at radius 2 is 2.03 bits per heavy atom. The van der Waals surface area contributed by atoms with Crippen LogP contribution < -0.4 is 15.4 Å². The molecule has 1 aromatic heterocycles. The summed E-state index contributed by atoms with van der Waals surface area (Å²) in [5.74, 6) is 1.58. The fraction of sp³-hybridized carbons (Fsp3) is 0.450. The number of aliphatic imine (C=N–C) groups is 1. The highest BCUT2D eigenvalue weighted by molar-refractivity contribution is 5.79. The van der Waals surface area contributed by atoms with Crippen molar-refractivity contribution in [3.05, 3.63) is 54.0 Å². The minimum Gasteiger partial charge on any atom is -0.484 e. The van der Waals surface area contributed by atoms with Crippen molar-refractivity contribution in [2.75, 3.05) is 26.3 Å². The van der Waals surface area contributed by atoms with Crippen molar-refractivity contribution >= 4 is 5.96 Å². The monoisotopic (exact) mass is 413 g/mol. The van der Waals surface area contributed by atoms with Crippen molar-refractivity contribution in [1.82, 2.24) is 10.6 Å². The highest BCUT2D eigenvalue weighted by Gasteiger charge is 2.28. The van der Waals surface area contributed by atoms with Crippen molar-refractivity contribution in [2.45, 2.75) is 32.7 Å². The summed E-state index contributed by atoms with van der Waals surface area (Å²) < 4.78 is 52.3. The maximum Gasteiger partial charge on any atom is 0.422 e. The third-order valence-electron chi connectivity index (χ3n) is 3.65. The van der Waals surface area contributed by atoms with Crippen molar-refractivity contribution in [3.63, 3.8) is 0 Å². The van der Waals surface area contributed by atoms with Crippen molar-refractivity contribution in [3.8, 4) is 5.75 Å². The van der Waals surface area contributed by atoms with E-state index >= 15 is 0 Å². The maximum atomic E-state index is 12.3. The Bertz CT molecular complexity index is 734. The summed E-state index contributed by atoms with van der Waals surface area (Å²) in [4.78, 5) is 4.45. The highest BCUT2D eigenvalue weighted by atomic mass is 19.4. The van der Waals surface area contributed by atoms with Gasteiger partial charge in [0.15, 0.2) is 12.6 Å². The van der Waals surface area contributed by atoms with E-state index in [0.717, 1.165) is 17.7 Å². The lowest BCUT2D eigenvalue weighted by atomic mass is 10.2. The zero-order valence-electron chi connectivity index (χ0n) is 16.3. The minimum atomic E-state index is -4.36. The molecule has 0 saturated carbocycles. The van der Waals surface area contributed by atoms with E-state index in [0.29, 0.717) is 38.8 Å². The molecular formula is C20H26F3N3O3. The van der Waals surface area contributed by atoms with Gasteiger partial charge in [-0.3, -0.25) is 0 Å². The molecule has 0 fully saturated rings. The first-order chi connectivity index (χ1) is 14.0. The summed E-state index contributed by atoms with van der Waals surface area (Å²) in [6.07, 6.45) is -1.97. The third kappa shape index (κ3) is 9.89. The third-order valence-corrected chi connectivity index (χ3v) is 3.65. The molecule has 0 saturated heterocycles. The lowest BCUT2D eigenvalue weighted by Gasteiger charge is -2.12. The van der Waals surface area contributed by atoms with Gasteiger partial charge in [0.2, 0.25) is 0 Å². The second kappa shape index (κ2) is 12.0. The molecule has 0 amide bonds. The topological polar surface area (TPSA) is 68.0 Å². The lowest BCUT2D eigenvalue weighted by Crippen LogP contribution is -2.38. The Morgan fingerprint density at radius 1 is 1.17 bits per heavy atom. The van der Waals surface area contributed by atoms with Crippen LogP contribution in [0.4, 0.5) is 13.2 Å². The van der Waals surface area contributed by atoms with Crippen LogP contribution >= 0.6 is 0 Å². The van der Waals surface area contributed by atoms with E-state index in [1.54, 1.807) is 24.5 Å². The summed E-state index contributed by atoms with van der Waals surface area (Å²) in [7, 11) is 0. The van der Waals surface area contributed by atoms with Gasteiger partial charge in [-0.05, 0) is 43.2 Å². The van der Waals surface area contributed by atoms with Gasteiger partial charge in [-0.2, -0.15) is 13.2 Å². The normalized spacial score (nSPS) is 12.1. The van der Waals surface area contributed by atoms with Gasteiger partial charge in [-0.15, -0.1) is 0 Å². The van der Waals surface area contributed by atoms with Crippen LogP contribution in [0.5, 0.6) is 5.75 Å². The largest absolute Gasteiger partial charge is 0.484 e. The SMILES string of the molecule is CCNC(=NCc1cccc(OCC(F)(F)F)c1)NCCCOCc1ccco1. The van der Waals surface area contributed by atoms with Crippen molar-refractivity contribution in [1.29, 1.82) is 0 Å². The van der Waals surface area contributed by atoms with Crippen LogP contribution in [-0.4, -0.2) is 38.4 Å². The molecule has 6 nitrogen and oxygen atoms in total. The first kappa shape index (κ1) is 22.6. The van der Waals surface area contributed by atoms with E-state index in [9.17, 15) is 13.2 Å². The molecule has 0 radical (unpaired) electrons. The van der Waals surface area contributed by atoms with Crippen LogP contribution in [0.1, 0.15) is 24.7 Å². The standard InChI is InChI=1S/C20H26F3N3O3/c1-2-24-19(25-9-5-10-27-14-18-8-4-11-28-18)26-13-16-6-3-7-17(12-16)29-15-20(21,22)23/h3-4,6-8,11-12H,2,5,9-10,13-15H2,1H3,(H2,24,25,26). The molecule has 0 aliphatic carbocycles. The Kier molecular flexibility index (Phi) is 9.36. The predicted molar refractivity (Wildman–Crippen MR) is 104 cm³/mol. The molecule has 2 N–H and O–H groups in total. The van der Waals surface area contributed by atoms with E-state index in [1.165, 1.54) is 6.07 Å². The zero-order valence-corrected chi connectivity index (χ0v) is 16.3. The zero-order chi connectivity index (χ0) is 21.0. The molecule has 2 aromatic rings. The lowest BCUT2D eigenvalue weighted by molar-refractivity contribution is -0.153. The Hall–Kier alpha value is -2.68. The van der Waals surface area contributed by atoms with Crippen LogP contribution in [0.15, 0.2) is 52.1 Å². The molecule has 0 spiro atoms. The molecule has 1 aromatic carbocycles. The number of halogens is 3. The molecule has 29 heavy (non-hydrogen) atoms. The number of rotatable bonds is 11. The number of guanidine groups is 1. The second-order valence-corrected chi connectivity index (χ2v) is 6.16. The van der Waals surface area contributed by atoms with Crippen LogP contribution in [0.3, 0.4) is 0 Å². The molecular weight excluding hydrogens is 387 g/mol. The van der Waals surface area contributed by atoms with E-state index < -0.39 is 12.8 Å². The van der Waals surface area contributed by atoms with E-state index in [4.69, 9.17) is 13.9 Å². The maximum absolute atomic E-state index is 12.3. The Balaban J connectivity index is 1.74. The fourth-order valence-corrected chi connectivity index (χ4v) is 2.36. The van der Waals surface area contributed by atoms with Crippen molar-refractivity contribution < 1.29 is 27.1 Å². The predicted octanol–water partition coefficient (Wildman–Crippen LogP) is 3.88. The van der Waals surface area contributed by atoms with Crippen LogP contribution in [0.2, 0.25) is 0 Å². The fourth-order valence-electron chi connectivity index (χ4n) is 2.36. The Morgan fingerprint density at radius 3 is 2.76 bits per heavy atom. The van der Waals surface area contributed by atoms with Crippen LogP contribution in [-0.2, 0) is 17.9 Å². The first-order valence-electron chi connectivity index (χ1n) is 9.37. The smallest absolute Gasteiger partial charge is 0.422 e. The summed E-state index contributed by atoms with van der Waals surface area (Å²) in [5, 5.41) is 6.33. The average Bonchev–Trinajstić information content (AvgIpc) is 3.20. The molecule has 1 heterocycles. The number of hydrogen-bond acceptors (Lipinski definition) is 4. The van der Waals surface area contributed by atoms with Gasteiger partial charge in [-0.1, -0.05) is 12.1 Å². The molecule has 160 valence electrons. The number of benzene rings is 1. The van der Waals surface area contributed by atoms with Crippen LogP contribution in [0, 0.1) is 0 Å². The molecule has 2 rings (SSSR count). The number of ether oxygens (including phenoxy) is 2. The van der Waals surface area contributed by atoms with E-state index in [2.05, 4.69) is 15.6 Å². The quantitative estimate of drug-likeness (QED) is 0.332. The molecule has 9 heteroatoms. The van der Waals surface area contributed by atoms with Gasteiger partial charge in [0.1, 0.15) is 18.1 Å². The van der Waals surface area contributed by atoms with Crippen LogP contribution in [0.25, 0.3) is 0 Å². The number of nitrogens with one attached hydrogen (secondary N) is 2. The molecule has 0 bridgehead atoms. The van der Waals surface area contributed by atoms with Gasteiger partial charge in [0, 0.05) is 19.7 Å². The summed E-state index contributed by atoms with van der Waals surface area (Å²) >= 11 is 0. The van der Waals surface area contributed by atoms with Crippen molar-refractivity contribution in [2.24, 2.45) is 4.99 Å². The summed E-state index contributed by atoms with van der Waals surface area (Å²) in [5.41, 5.74) is 0.753. The molecule has 0 aliphatic rings. The average molecular weight is 413 g/mol. The summed E-state index contributed by atoms with van der Waals surface area (Å²) in [6, 6.07) is 10.2. The van der Waals surface area contributed by atoms with Gasteiger partial charge < -0.3 is 24.5 Å². The highest BCUT2D eigenvalue weighted by Crippen LogP contribution is 2.19. The van der Waals surface area contributed by atoms with Gasteiger partial charge in [-0.25, -0.2) is 4.99 Å². The van der Waals surface area contributed by atoms with Gasteiger partial charge in [0.05, 0.1) is 12.8 Å². The minimum absolute atomic E-state index is 0.168. The van der Waals surface area contributed by atoms with Gasteiger partial charge in [0.25, 0.3) is 0 Å². The second-order valence-electron chi connectivity index (χ2n) is 6.16. The van der Waals surface area contributed by atoms with E-state index in [1.807, 2.05) is 19.1 Å². The molecule has 0 unspecified atom stereocenters. The summed E-state index contributed by atoms with van der Waals surface area (Å²) in [6.45, 7) is 3.32. The van der Waals surface area contributed by atoms with E-state index in [-0.39, 0.29) is 5.75 Å². The first-order valence-corrected chi connectivity index (χ1v) is 9.37. The molecule has 0 atom stereocenters. The Labute approximate surface area is 168 Å². The van der Waals surface area contributed by atoms with Gasteiger partial charge >= 0.3 is 6.18 Å².